The van der Waals surface area contributed by atoms with Gasteiger partial charge in [0.05, 0.1) is 4.90 Å². The number of carbonyl (C=O) groups excluding carboxylic acids is 1. The van der Waals surface area contributed by atoms with Crippen molar-refractivity contribution in [2.24, 2.45) is 0 Å². The molecule has 1 fully saturated rings. The molecule has 1 aromatic carbocycles. The summed E-state index contributed by atoms with van der Waals surface area (Å²) in [4.78, 5) is 16.8. The highest BCUT2D eigenvalue weighted by atomic mass is 32.2. The number of benzene rings is 1. The lowest BCUT2D eigenvalue weighted by atomic mass is 10.1. The van der Waals surface area contributed by atoms with Crippen LogP contribution in [0, 0.1) is 0 Å². The maximum atomic E-state index is 12.1. The molecule has 7 heteroatoms. The molecule has 0 radical (unpaired) electrons. The Morgan fingerprint density at radius 1 is 1.24 bits per heavy atom. The fourth-order valence-corrected chi connectivity index (χ4v) is 4.30. The summed E-state index contributed by atoms with van der Waals surface area (Å²) < 4.78 is 23.2. The summed E-state index contributed by atoms with van der Waals surface area (Å²) in [6.45, 7) is 11.1. The zero-order valence-electron chi connectivity index (χ0n) is 17.8. The van der Waals surface area contributed by atoms with E-state index in [1.54, 1.807) is 12.1 Å². The third-order valence-electron chi connectivity index (χ3n) is 5.42. The van der Waals surface area contributed by atoms with Gasteiger partial charge in [-0.05, 0) is 50.4 Å². The molecule has 0 aromatic heterocycles. The van der Waals surface area contributed by atoms with E-state index in [0.29, 0.717) is 17.4 Å². The zero-order valence-corrected chi connectivity index (χ0v) is 18.6. The number of nitrogens with zero attached hydrogens (tertiary/aromatic N) is 2. The summed E-state index contributed by atoms with van der Waals surface area (Å²) in [6, 6.07) is 7.49. The minimum Gasteiger partial charge on any atom is -0.341 e. The van der Waals surface area contributed by atoms with Crippen LogP contribution in [0.4, 0.5) is 0 Å². The quantitative estimate of drug-likeness (QED) is 0.438. The highest BCUT2D eigenvalue weighted by molar-refractivity contribution is 7.90. The molecular formula is C22H35N3O3S. The van der Waals surface area contributed by atoms with Crippen LogP contribution in [0.3, 0.4) is 0 Å². The summed E-state index contributed by atoms with van der Waals surface area (Å²) in [5, 5.41) is 3.27. The highest BCUT2D eigenvalue weighted by Gasteiger charge is 2.17. The molecule has 1 unspecified atom stereocenters. The van der Waals surface area contributed by atoms with Crippen molar-refractivity contribution in [3.63, 3.8) is 0 Å². The number of amides is 1. The van der Waals surface area contributed by atoms with Gasteiger partial charge in [0, 0.05) is 51.4 Å². The molecule has 0 aliphatic carbocycles. The molecule has 1 N–H and O–H groups in total. The second kappa shape index (κ2) is 11.5. The van der Waals surface area contributed by atoms with Gasteiger partial charge in [0.25, 0.3) is 0 Å². The van der Waals surface area contributed by atoms with Gasteiger partial charge in [0.1, 0.15) is 0 Å². The molecule has 29 heavy (non-hydrogen) atoms. The van der Waals surface area contributed by atoms with Gasteiger partial charge in [-0.3, -0.25) is 9.69 Å². The maximum Gasteiger partial charge on any atom is 0.223 e. The first-order chi connectivity index (χ1) is 13.8. The predicted octanol–water partition coefficient (Wildman–Crippen LogP) is 2.11. The number of rotatable bonds is 11. The van der Waals surface area contributed by atoms with Crippen LogP contribution in [0.15, 0.2) is 41.8 Å². The number of carbonyl (C=O) groups is 1. The van der Waals surface area contributed by atoms with E-state index in [9.17, 15) is 13.2 Å². The van der Waals surface area contributed by atoms with Crippen molar-refractivity contribution in [2.45, 2.75) is 43.5 Å². The monoisotopic (exact) mass is 421 g/mol. The fraction of sp³-hybridized carbons (Fsp3) is 0.591. The van der Waals surface area contributed by atoms with Crippen molar-refractivity contribution in [3.8, 4) is 0 Å². The van der Waals surface area contributed by atoms with E-state index in [1.807, 2.05) is 23.1 Å². The molecule has 1 heterocycles. The first kappa shape index (κ1) is 23.6. The number of hydrogen-bond donors (Lipinski definition) is 1. The van der Waals surface area contributed by atoms with Gasteiger partial charge in [-0.15, -0.1) is 6.58 Å². The number of sulfone groups is 1. The molecule has 1 saturated heterocycles. The molecule has 1 atom stereocenters. The van der Waals surface area contributed by atoms with E-state index in [4.69, 9.17) is 0 Å². The van der Waals surface area contributed by atoms with Gasteiger partial charge in [-0.2, -0.15) is 0 Å². The lowest BCUT2D eigenvalue weighted by Gasteiger charge is -2.29. The summed E-state index contributed by atoms with van der Waals surface area (Å²) in [6.07, 6.45) is 6.63. The second-order valence-electron chi connectivity index (χ2n) is 7.84. The largest absolute Gasteiger partial charge is 0.341 e. The smallest absolute Gasteiger partial charge is 0.223 e. The SMILES string of the molecule is C=CCN(CCCCN1CCNCCC1=O)C(C)Cc1ccc(S(C)(=O)=O)cc1. The van der Waals surface area contributed by atoms with Gasteiger partial charge >= 0.3 is 0 Å². The standard InChI is InChI=1S/C22H35N3O3S/c1-4-14-24(15-5-6-16-25-17-13-23-12-11-22(25)26)19(2)18-20-7-9-21(10-8-20)29(3,27)28/h4,7-10,19,23H,1,5-6,11-18H2,2-3H3. The molecule has 1 aliphatic rings. The minimum atomic E-state index is -3.16. The topological polar surface area (TPSA) is 69.7 Å². The van der Waals surface area contributed by atoms with Gasteiger partial charge in [0.2, 0.25) is 5.91 Å². The fourth-order valence-electron chi connectivity index (χ4n) is 3.67. The zero-order chi connectivity index (χ0) is 21.3. The van der Waals surface area contributed by atoms with Gasteiger partial charge in [-0.1, -0.05) is 18.2 Å². The molecular weight excluding hydrogens is 386 g/mol. The minimum absolute atomic E-state index is 0.254. The summed E-state index contributed by atoms with van der Waals surface area (Å²) in [7, 11) is -3.16. The molecule has 1 amide bonds. The molecule has 0 spiro atoms. The molecule has 0 bridgehead atoms. The van der Waals surface area contributed by atoms with Crippen LogP contribution in [0.1, 0.15) is 31.7 Å². The Balaban J connectivity index is 1.83. The van der Waals surface area contributed by atoms with Gasteiger partial charge < -0.3 is 10.2 Å². The van der Waals surface area contributed by atoms with E-state index in [2.05, 4.69) is 23.7 Å². The third kappa shape index (κ3) is 7.91. The average Bonchev–Trinajstić information content (AvgIpc) is 2.88. The van der Waals surface area contributed by atoms with Crippen LogP contribution in [0.2, 0.25) is 0 Å². The lowest BCUT2D eigenvalue weighted by Crippen LogP contribution is -2.37. The van der Waals surface area contributed by atoms with Crippen molar-refractivity contribution in [1.29, 1.82) is 0 Å². The van der Waals surface area contributed by atoms with Crippen LogP contribution in [0.25, 0.3) is 0 Å². The average molecular weight is 422 g/mol. The van der Waals surface area contributed by atoms with Crippen molar-refractivity contribution in [1.82, 2.24) is 15.1 Å². The van der Waals surface area contributed by atoms with Gasteiger partial charge in [-0.25, -0.2) is 8.42 Å². The van der Waals surface area contributed by atoms with Crippen molar-refractivity contribution < 1.29 is 13.2 Å². The maximum absolute atomic E-state index is 12.1. The Morgan fingerprint density at radius 2 is 1.97 bits per heavy atom. The van der Waals surface area contributed by atoms with E-state index in [-0.39, 0.29) is 5.91 Å². The molecule has 6 nitrogen and oxygen atoms in total. The van der Waals surface area contributed by atoms with Crippen LogP contribution < -0.4 is 5.32 Å². The van der Waals surface area contributed by atoms with E-state index < -0.39 is 9.84 Å². The molecule has 162 valence electrons. The molecule has 2 rings (SSSR count). The molecule has 1 aliphatic heterocycles. The summed E-state index contributed by atoms with van der Waals surface area (Å²) in [5.41, 5.74) is 1.13. The normalized spacial score (nSPS) is 16.7. The lowest BCUT2D eigenvalue weighted by molar-refractivity contribution is -0.130. The number of nitrogens with one attached hydrogen (secondary N) is 1. The molecule has 0 saturated carbocycles. The van der Waals surface area contributed by atoms with E-state index in [0.717, 1.165) is 64.1 Å². The first-order valence-corrected chi connectivity index (χ1v) is 12.3. The highest BCUT2D eigenvalue weighted by Crippen LogP contribution is 2.14. The second-order valence-corrected chi connectivity index (χ2v) is 9.86. The third-order valence-corrected chi connectivity index (χ3v) is 6.55. The van der Waals surface area contributed by atoms with E-state index >= 15 is 0 Å². The van der Waals surface area contributed by atoms with E-state index in [1.165, 1.54) is 6.26 Å². The summed E-state index contributed by atoms with van der Waals surface area (Å²) >= 11 is 0. The Labute approximate surface area is 175 Å². The number of unbranched alkanes of at least 4 members (excludes halogenated alkanes) is 1. The van der Waals surface area contributed by atoms with Crippen molar-refractivity contribution >= 4 is 15.7 Å². The Hall–Kier alpha value is -1.70. The Bertz CT molecular complexity index is 762. The molecule has 1 aromatic rings. The predicted molar refractivity (Wildman–Crippen MR) is 118 cm³/mol. The van der Waals surface area contributed by atoms with Crippen molar-refractivity contribution in [2.75, 3.05) is 45.5 Å². The van der Waals surface area contributed by atoms with Gasteiger partial charge in [0.15, 0.2) is 9.84 Å². The Morgan fingerprint density at radius 3 is 2.62 bits per heavy atom. The summed E-state index contributed by atoms with van der Waals surface area (Å²) in [5.74, 6) is 0.254. The Kier molecular flexibility index (Phi) is 9.33. The first-order valence-electron chi connectivity index (χ1n) is 10.4. The van der Waals surface area contributed by atoms with Crippen LogP contribution in [0.5, 0.6) is 0 Å². The van der Waals surface area contributed by atoms with Crippen molar-refractivity contribution in [3.05, 3.63) is 42.5 Å². The van der Waals surface area contributed by atoms with Crippen LogP contribution in [-0.4, -0.2) is 75.7 Å². The van der Waals surface area contributed by atoms with Crippen LogP contribution >= 0.6 is 0 Å². The van der Waals surface area contributed by atoms with Crippen LogP contribution in [-0.2, 0) is 21.1 Å². The number of hydrogen-bond acceptors (Lipinski definition) is 5.